The molecule has 2 aromatic heterocycles. The molecule has 29 heavy (non-hydrogen) atoms. The number of aromatic nitrogens is 3. The third-order valence-corrected chi connectivity index (χ3v) is 5.40. The molecule has 0 aliphatic carbocycles. The average Bonchev–Trinajstić information content (AvgIpc) is 3.37. The molecule has 4 rings (SSSR count). The molecule has 1 N–H and O–H groups in total. The predicted octanol–water partition coefficient (Wildman–Crippen LogP) is 3.42. The molecule has 0 bridgehead atoms. The Morgan fingerprint density at radius 3 is 3.03 bits per heavy atom. The van der Waals surface area contributed by atoms with Gasteiger partial charge in [0.1, 0.15) is 5.75 Å². The lowest BCUT2D eigenvalue weighted by molar-refractivity contribution is -0.118. The summed E-state index contributed by atoms with van der Waals surface area (Å²) in [6.45, 7) is 6.04. The SMILES string of the molecule is C=CCn1c(SC(C)C(=O)c2ccc3c(c2)NC(=O)CO3)nnc1-c1ccco1. The Morgan fingerprint density at radius 2 is 2.28 bits per heavy atom. The van der Waals surface area contributed by atoms with Gasteiger partial charge < -0.3 is 14.5 Å². The summed E-state index contributed by atoms with van der Waals surface area (Å²) in [6.07, 6.45) is 3.30. The van der Waals surface area contributed by atoms with Gasteiger partial charge in [-0.2, -0.15) is 0 Å². The second-order valence-corrected chi connectivity index (χ2v) is 7.66. The minimum absolute atomic E-state index is 0.0243. The molecule has 0 spiro atoms. The smallest absolute Gasteiger partial charge is 0.262 e. The summed E-state index contributed by atoms with van der Waals surface area (Å²) in [4.78, 5) is 24.5. The molecule has 8 nitrogen and oxygen atoms in total. The van der Waals surface area contributed by atoms with Crippen LogP contribution < -0.4 is 10.1 Å². The van der Waals surface area contributed by atoms with Gasteiger partial charge in [-0.05, 0) is 37.3 Å². The van der Waals surface area contributed by atoms with Crippen LogP contribution in [-0.4, -0.2) is 38.3 Å². The van der Waals surface area contributed by atoms with Crippen LogP contribution in [0.2, 0.25) is 0 Å². The van der Waals surface area contributed by atoms with Crippen molar-refractivity contribution >= 4 is 29.1 Å². The number of anilines is 1. The van der Waals surface area contributed by atoms with Gasteiger partial charge in [0.25, 0.3) is 5.91 Å². The van der Waals surface area contributed by atoms with Crippen molar-refractivity contribution in [1.29, 1.82) is 0 Å². The van der Waals surface area contributed by atoms with E-state index in [-0.39, 0.29) is 18.3 Å². The summed E-state index contributed by atoms with van der Waals surface area (Å²) in [5, 5.41) is 11.3. The number of ether oxygens (including phenoxy) is 1. The standard InChI is InChI=1S/C20H18N4O4S/c1-3-8-24-19(16-5-4-9-27-16)22-23-20(24)29-12(2)18(26)13-6-7-15-14(10-13)21-17(25)11-28-15/h3-7,9-10,12H,1,8,11H2,2H3,(H,21,25). The zero-order valence-corrected chi connectivity index (χ0v) is 16.4. The first-order valence-corrected chi connectivity index (χ1v) is 9.80. The Hall–Kier alpha value is -3.33. The van der Waals surface area contributed by atoms with Crippen molar-refractivity contribution in [2.24, 2.45) is 0 Å². The van der Waals surface area contributed by atoms with Gasteiger partial charge in [0.05, 0.1) is 17.2 Å². The number of carbonyl (C=O) groups is 2. The van der Waals surface area contributed by atoms with Crippen LogP contribution in [0.5, 0.6) is 5.75 Å². The van der Waals surface area contributed by atoms with Crippen LogP contribution in [0, 0.1) is 0 Å². The third-order valence-electron chi connectivity index (χ3n) is 4.32. The summed E-state index contributed by atoms with van der Waals surface area (Å²) in [6, 6.07) is 8.59. The summed E-state index contributed by atoms with van der Waals surface area (Å²) in [5.74, 6) is 1.38. The monoisotopic (exact) mass is 410 g/mol. The lowest BCUT2D eigenvalue weighted by atomic mass is 10.1. The molecule has 1 aliphatic rings. The highest BCUT2D eigenvalue weighted by Crippen LogP contribution is 2.32. The number of amides is 1. The van der Waals surface area contributed by atoms with Gasteiger partial charge in [-0.25, -0.2) is 0 Å². The maximum atomic E-state index is 13.0. The number of fused-ring (bicyclic) bond motifs is 1. The van der Waals surface area contributed by atoms with Gasteiger partial charge in [0.15, 0.2) is 23.3 Å². The van der Waals surface area contributed by atoms with Crippen molar-refractivity contribution < 1.29 is 18.7 Å². The van der Waals surface area contributed by atoms with E-state index in [0.29, 0.717) is 40.3 Å². The van der Waals surface area contributed by atoms with E-state index in [1.165, 1.54) is 11.8 Å². The van der Waals surface area contributed by atoms with Crippen LogP contribution in [0.3, 0.4) is 0 Å². The normalized spacial score (nSPS) is 13.9. The summed E-state index contributed by atoms with van der Waals surface area (Å²) in [5.41, 5.74) is 0.981. The average molecular weight is 410 g/mol. The molecule has 3 heterocycles. The van der Waals surface area contributed by atoms with Gasteiger partial charge in [-0.1, -0.05) is 17.8 Å². The van der Waals surface area contributed by atoms with Gasteiger partial charge in [-0.3, -0.25) is 14.2 Å². The number of carbonyl (C=O) groups excluding carboxylic acids is 2. The molecule has 9 heteroatoms. The van der Waals surface area contributed by atoms with E-state index in [0.717, 1.165) is 0 Å². The Labute approximate surface area is 171 Å². The number of hydrogen-bond acceptors (Lipinski definition) is 7. The number of hydrogen-bond donors (Lipinski definition) is 1. The van der Waals surface area contributed by atoms with Crippen LogP contribution in [0.4, 0.5) is 5.69 Å². The number of allylic oxidation sites excluding steroid dienone is 1. The second kappa shape index (κ2) is 7.96. The number of nitrogens with one attached hydrogen (secondary N) is 1. The van der Waals surface area contributed by atoms with Gasteiger partial charge in [0, 0.05) is 12.1 Å². The number of Topliss-reactive ketones (excluding diaryl/α,β-unsaturated/α-hetero) is 1. The van der Waals surface area contributed by atoms with E-state index in [4.69, 9.17) is 9.15 Å². The molecule has 1 amide bonds. The number of thioether (sulfide) groups is 1. The Kier molecular flexibility index (Phi) is 5.22. The number of rotatable bonds is 7. The molecule has 0 saturated carbocycles. The Morgan fingerprint density at radius 1 is 1.41 bits per heavy atom. The maximum absolute atomic E-state index is 13.0. The zero-order chi connectivity index (χ0) is 20.4. The lowest BCUT2D eigenvalue weighted by Crippen LogP contribution is -2.25. The van der Waals surface area contributed by atoms with E-state index >= 15 is 0 Å². The predicted molar refractivity (Wildman–Crippen MR) is 108 cm³/mol. The Bertz CT molecular complexity index is 1070. The summed E-state index contributed by atoms with van der Waals surface area (Å²) < 4.78 is 12.6. The van der Waals surface area contributed by atoms with Crippen molar-refractivity contribution in [3.8, 4) is 17.3 Å². The molecule has 1 aromatic carbocycles. The largest absolute Gasteiger partial charge is 0.482 e. The molecular weight excluding hydrogens is 392 g/mol. The van der Waals surface area contributed by atoms with Crippen LogP contribution in [0.15, 0.2) is 58.8 Å². The van der Waals surface area contributed by atoms with Crippen molar-refractivity contribution in [3.63, 3.8) is 0 Å². The fraction of sp³-hybridized carbons (Fsp3) is 0.200. The van der Waals surface area contributed by atoms with E-state index in [2.05, 4.69) is 22.1 Å². The van der Waals surface area contributed by atoms with Gasteiger partial charge in [0.2, 0.25) is 5.82 Å². The van der Waals surface area contributed by atoms with Crippen molar-refractivity contribution in [3.05, 3.63) is 54.8 Å². The number of furan rings is 1. The van der Waals surface area contributed by atoms with Crippen molar-refractivity contribution in [1.82, 2.24) is 14.8 Å². The quantitative estimate of drug-likeness (QED) is 0.362. The topological polar surface area (TPSA) is 99.2 Å². The fourth-order valence-electron chi connectivity index (χ4n) is 2.94. The van der Waals surface area contributed by atoms with Crippen molar-refractivity contribution in [2.45, 2.75) is 23.9 Å². The van der Waals surface area contributed by atoms with E-state index in [1.807, 2.05) is 4.57 Å². The zero-order valence-electron chi connectivity index (χ0n) is 15.6. The summed E-state index contributed by atoms with van der Waals surface area (Å²) in [7, 11) is 0. The van der Waals surface area contributed by atoms with Crippen LogP contribution in [-0.2, 0) is 11.3 Å². The molecule has 148 valence electrons. The van der Waals surface area contributed by atoms with E-state index in [1.54, 1.807) is 49.6 Å². The molecule has 0 fully saturated rings. The minimum Gasteiger partial charge on any atom is -0.482 e. The highest BCUT2D eigenvalue weighted by Gasteiger charge is 2.24. The minimum atomic E-state index is -0.425. The number of benzene rings is 1. The second-order valence-electron chi connectivity index (χ2n) is 6.35. The van der Waals surface area contributed by atoms with Crippen LogP contribution >= 0.6 is 11.8 Å². The highest BCUT2D eigenvalue weighted by atomic mass is 32.2. The molecular formula is C20H18N4O4S. The molecule has 1 aliphatic heterocycles. The maximum Gasteiger partial charge on any atom is 0.262 e. The summed E-state index contributed by atoms with van der Waals surface area (Å²) >= 11 is 1.30. The molecule has 3 aromatic rings. The first-order chi connectivity index (χ1) is 14.1. The molecule has 1 atom stereocenters. The third kappa shape index (κ3) is 3.81. The lowest BCUT2D eigenvalue weighted by Gasteiger charge is -2.19. The number of nitrogens with zero attached hydrogens (tertiary/aromatic N) is 3. The Balaban J connectivity index is 1.56. The first-order valence-electron chi connectivity index (χ1n) is 8.92. The van der Waals surface area contributed by atoms with Gasteiger partial charge >= 0.3 is 0 Å². The van der Waals surface area contributed by atoms with Gasteiger partial charge in [-0.15, -0.1) is 16.8 Å². The first kappa shape index (κ1) is 19.0. The molecule has 0 radical (unpaired) electrons. The molecule has 1 unspecified atom stereocenters. The van der Waals surface area contributed by atoms with Crippen LogP contribution in [0.25, 0.3) is 11.6 Å². The number of ketones is 1. The van der Waals surface area contributed by atoms with E-state index < -0.39 is 5.25 Å². The van der Waals surface area contributed by atoms with Crippen LogP contribution in [0.1, 0.15) is 17.3 Å². The highest BCUT2D eigenvalue weighted by molar-refractivity contribution is 8.00. The van der Waals surface area contributed by atoms with E-state index in [9.17, 15) is 9.59 Å². The molecule has 0 saturated heterocycles. The van der Waals surface area contributed by atoms with Crippen molar-refractivity contribution in [2.75, 3.05) is 11.9 Å². The fourth-order valence-corrected chi connectivity index (χ4v) is 3.88.